The van der Waals surface area contributed by atoms with Crippen LogP contribution in [0.3, 0.4) is 0 Å². The molecule has 1 unspecified atom stereocenters. The van der Waals surface area contributed by atoms with Crippen LogP contribution in [0.5, 0.6) is 0 Å². The van der Waals surface area contributed by atoms with E-state index in [9.17, 15) is 14.4 Å². The SMILES string of the molecule is CC\C=C/C=C\C=C/C=C\CCCCCCCC(=O)OC(COC(=O)CCCCC/C=C\C=C/CCCCCCCCC)COC(=O)CCCCCCCCCCC. The van der Waals surface area contributed by atoms with Gasteiger partial charge in [0, 0.05) is 19.3 Å². The molecule has 0 saturated heterocycles. The number of esters is 3. The molecule has 0 aliphatic carbocycles. The van der Waals surface area contributed by atoms with Crippen LogP contribution in [0.1, 0.15) is 220 Å². The molecule has 58 heavy (non-hydrogen) atoms. The molecule has 0 radical (unpaired) electrons. The van der Waals surface area contributed by atoms with Crippen LogP contribution >= 0.6 is 0 Å². The summed E-state index contributed by atoms with van der Waals surface area (Å²) < 4.78 is 16.7. The molecule has 0 N–H and O–H groups in total. The molecule has 0 fully saturated rings. The summed E-state index contributed by atoms with van der Waals surface area (Å²) in [5.41, 5.74) is 0. The zero-order chi connectivity index (χ0) is 42.3. The van der Waals surface area contributed by atoms with Crippen molar-refractivity contribution in [3.05, 3.63) is 72.9 Å². The third-order valence-corrected chi connectivity index (χ3v) is 10.1. The Morgan fingerprint density at radius 1 is 0.362 bits per heavy atom. The average Bonchev–Trinajstić information content (AvgIpc) is 3.22. The van der Waals surface area contributed by atoms with E-state index >= 15 is 0 Å². The van der Waals surface area contributed by atoms with Crippen molar-refractivity contribution in [2.45, 2.75) is 226 Å². The van der Waals surface area contributed by atoms with Crippen molar-refractivity contribution in [2.75, 3.05) is 13.2 Å². The van der Waals surface area contributed by atoms with Gasteiger partial charge >= 0.3 is 17.9 Å². The molecule has 0 aliphatic heterocycles. The van der Waals surface area contributed by atoms with Crippen molar-refractivity contribution in [3.8, 4) is 0 Å². The fraction of sp³-hybridized carbons (Fsp3) is 0.712. The van der Waals surface area contributed by atoms with Crippen molar-refractivity contribution in [3.63, 3.8) is 0 Å². The number of unbranched alkanes of at least 4 members (excludes halogenated alkanes) is 23. The molecule has 0 aromatic heterocycles. The van der Waals surface area contributed by atoms with Crippen LogP contribution < -0.4 is 0 Å². The predicted molar refractivity (Wildman–Crippen MR) is 247 cm³/mol. The van der Waals surface area contributed by atoms with Crippen molar-refractivity contribution in [2.24, 2.45) is 0 Å². The smallest absolute Gasteiger partial charge is 0.306 e. The van der Waals surface area contributed by atoms with Gasteiger partial charge in [-0.1, -0.05) is 209 Å². The topological polar surface area (TPSA) is 78.9 Å². The van der Waals surface area contributed by atoms with E-state index in [-0.39, 0.29) is 31.1 Å². The molecule has 0 amide bonds. The fourth-order valence-electron chi connectivity index (χ4n) is 6.44. The minimum atomic E-state index is -0.795. The molecule has 0 saturated carbocycles. The molecule has 0 heterocycles. The van der Waals surface area contributed by atoms with Crippen molar-refractivity contribution < 1.29 is 28.6 Å². The molecule has 0 aromatic carbocycles. The lowest BCUT2D eigenvalue weighted by Crippen LogP contribution is -2.30. The molecular weight excluding hydrogens is 721 g/mol. The summed E-state index contributed by atoms with van der Waals surface area (Å²) in [6.07, 6.45) is 57.4. The van der Waals surface area contributed by atoms with Gasteiger partial charge in [-0.2, -0.15) is 0 Å². The van der Waals surface area contributed by atoms with E-state index in [1.165, 1.54) is 83.5 Å². The van der Waals surface area contributed by atoms with Gasteiger partial charge in [0.25, 0.3) is 0 Å². The zero-order valence-corrected chi connectivity index (χ0v) is 37.8. The van der Waals surface area contributed by atoms with Gasteiger partial charge in [-0.25, -0.2) is 0 Å². The summed E-state index contributed by atoms with van der Waals surface area (Å²) in [5, 5.41) is 0. The molecule has 0 rings (SSSR count). The Kier molecular flexibility index (Phi) is 44.0. The standard InChI is InChI=1S/C52H88O6/c1-4-7-10-13-16-19-21-23-25-27-28-30-33-36-39-42-45-51(54)57-48-49(47-56-50(53)44-41-38-35-32-18-15-12-9-6-3)58-52(55)46-43-40-37-34-31-29-26-24-22-20-17-14-11-8-5-2/h8,11,14,17,20,22,24-28,30,49H,4-7,9-10,12-13,15-16,18-19,21,23,29,31-48H2,1-3H3/b11-8-,17-14-,22-20-,26-24-,27-25-,30-28-. The van der Waals surface area contributed by atoms with Gasteiger partial charge in [-0.05, 0) is 64.2 Å². The van der Waals surface area contributed by atoms with E-state index in [0.717, 1.165) is 96.3 Å². The molecule has 0 aromatic rings. The lowest BCUT2D eigenvalue weighted by molar-refractivity contribution is -0.167. The molecule has 6 nitrogen and oxygen atoms in total. The number of allylic oxidation sites excluding steroid dienone is 12. The highest BCUT2D eigenvalue weighted by molar-refractivity contribution is 5.71. The van der Waals surface area contributed by atoms with E-state index < -0.39 is 6.10 Å². The van der Waals surface area contributed by atoms with E-state index in [4.69, 9.17) is 14.2 Å². The van der Waals surface area contributed by atoms with Crippen molar-refractivity contribution >= 4 is 17.9 Å². The van der Waals surface area contributed by atoms with E-state index in [2.05, 4.69) is 69.4 Å². The van der Waals surface area contributed by atoms with Crippen LogP contribution in [0.15, 0.2) is 72.9 Å². The monoisotopic (exact) mass is 809 g/mol. The summed E-state index contributed by atoms with van der Waals surface area (Å²) in [6.45, 7) is 6.42. The summed E-state index contributed by atoms with van der Waals surface area (Å²) in [7, 11) is 0. The van der Waals surface area contributed by atoms with E-state index in [0.29, 0.717) is 19.3 Å². The highest BCUT2D eigenvalue weighted by Gasteiger charge is 2.19. The van der Waals surface area contributed by atoms with Crippen LogP contribution in [0.4, 0.5) is 0 Å². The Balaban J connectivity index is 4.44. The fourth-order valence-corrected chi connectivity index (χ4v) is 6.44. The van der Waals surface area contributed by atoms with Crippen LogP contribution in [-0.4, -0.2) is 37.2 Å². The Morgan fingerprint density at radius 3 is 1.09 bits per heavy atom. The molecular formula is C52H88O6. The number of ether oxygens (including phenoxy) is 3. The Bertz CT molecular complexity index is 1110. The summed E-state index contributed by atoms with van der Waals surface area (Å²) in [4.78, 5) is 37.8. The van der Waals surface area contributed by atoms with Crippen molar-refractivity contribution in [1.82, 2.24) is 0 Å². The zero-order valence-electron chi connectivity index (χ0n) is 37.8. The van der Waals surface area contributed by atoms with Gasteiger partial charge in [0.15, 0.2) is 6.10 Å². The van der Waals surface area contributed by atoms with Gasteiger partial charge < -0.3 is 14.2 Å². The van der Waals surface area contributed by atoms with Crippen LogP contribution in [0, 0.1) is 0 Å². The highest BCUT2D eigenvalue weighted by atomic mass is 16.6. The van der Waals surface area contributed by atoms with Gasteiger partial charge in [0.1, 0.15) is 13.2 Å². The summed E-state index contributed by atoms with van der Waals surface area (Å²) >= 11 is 0. The third-order valence-electron chi connectivity index (χ3n) is 10.1. The second kappa shape index (κ2) is 46.5. The molecule has 0 bridgehead atoms. The number of carbonyl (C=O) groups excluding carboxylic acids is 3. The second-order valence-corrected chi connectivity index (χ2v) is 15.8. The predicted octanol–water partition coefficient (Wildman–Crippen LogP) is 15.5. The maximum atomic E-state index is 12.7. The first kappa shape index (κ1) is 54.9. The van der Waals surface area contributed by atoms with Crippen LogP contribution in [0.25, 0.3) is 0 Å². The molecule has 0 spiro atoms. The van der Waals surface area contributed by atoms with Gasteiger partial charge in [-0.15, -0.1) is 0 Å². The number of rotatable bonds is 42. The molecule has 1 atom stereocenters. The lowest BCUT2D eigenvalue weighted by Gasteiger charge is -2.18. The van der Waals surface area contributed by atoms with Gasteiger partial charge in [0.2, 0.25) is 0 Å². The van der Waals surface area contributed by atoms with E-state index in [1.54, 1.807) is 0 Å². The minimum absolute atomic E-state index is 0.0932. The Hall–Kier alpha value is -3.15. The van der Waals surface area contributed by atoms with Crippen LogP contribution in [-0.2, 0) is 28.6 Å². The Labute approximate surface area is 357 Å². The summed E-state index contributed by atoms with van der Waals surface area (Å²) in [5.74, 6) is -0.949. The number of hydrogen-bond acceptors (Lipinski definition) is 6. The Morgan fingerprint density at radius 2 is 0.672 bits per heavy atom. The normalized spacial score (nSPS) is 12.7. The van der Waals surface area contributed by atoms with Gasteiger partial charge in [-0.3, -0.25) is 14.4 Å². The second-order valence-electron chi connectivity index (χ2n) is 15.8. The largest absolute Gasteiger partial charge is 0.462 e. The average molecular weight is 809 g/mol. The molecule has 6 heteroatoms. The lowest BCUT2D eigenvalue weighted by atomic mass is 10.1. The van der Waals surface area contributed by atoms with Gasteiger partial charge in [0.05, 0.1) is 0 Å². The molecule has 0 aliphatic rings. The van der Waals surface area contributed by atoms with Crippen molar-refractivity contribution in [1.29, 1.82) is 0 Å². The van der Waals surface area contributed by atoms with E-state index in [1.807, 2.05) is 24.3 Å². The maximum Gasteiger partial charge on any atom is 0.306 e. The summed E-state index contributed by atoms with van der Waals surface area (Å²) in [6, 6.07) is 0. The molecule has 332 valence electrons. The number of carbonyl (C=O) groups is 3. The van der Waals surface area contributed by atoms with Crippen LogP contribution in [0.2, 0.25) is 0 Å². The number of hydrogen-bond donors (Lipinski definition) is 0. The third kappa shape index (κ3) is 44.0. The first-order valence-corrected chi connectivity index (χ1v) is 24.0. The highest BCUT2D eigenvalue weighted by Crippen LogP contribution is 2.13. The maximum absolute atomic E-state index is 12.7. The minimum Gasteiger partial charge on any atom is -0.462 e. The quantitative estimate of drug-likeness (QED) is 0.0264. The first-order valence-electron chi connectivity index (χ1n) is 24.0. The first-order chi connectivity index (χ1) is 28.5.